The molecule has 9 heteroatoms. The smallest absolute Gasteiger partial charge is 0.239 e. The first-order chi connectivity index (χ1) is 8.10. The first-order valence-corrected chi connectivity index (χ1v) is 5.50. The Morgan fingerprint density at radius 3 is 2.35 bits per heavy atom. The molecule has 0 unspecified atom stereocenters. The minimum absolute atomic E-state index is 0.165. The average molecular weight is 308 g/mol. The van der Waals surface area contributed by atoms with Crippen molar-refractivity contribution < 1.29 is 15.3 Å². The molecule has 0 radical (unpaired) electrons. The van der Waals surface area contributed by atoms with E-state index < -0.39 is 25.4 Å². The van der Waals surface area contributed by atoms with Crippen LogP contribution >= 0.6 is 15.9 Å². The van der Waals surface area contributed by atoms with Crippen LogP contribution in [0.5, 0.6) is 0 Å². The highest BCUT2D eigenvalue weighted by molar-refractivity contribution is 9.10. The molecule has 0 saturated carbocycles. The van der Waals surface area contributed by atoms with Gasteiger partial charge in [-0.2, -0.15) is 4.98 Å². The molecule has 0 bridgehead atoms. The van der Waals surface area contributed by atoms with Crippen LogP contribution in [-0.4, -0.2) is 50.6 Å². The Kier molecular flexibility index (Phi) is 5.02. The van der Waals surface area contributed by atoms with Crippen molar-refractivity contribution in [3.05, 3.63) is 10.7 Å². The third-order valence-electron chi connectivity index (χ3n) is 2.16. The molecule has 1 rings (SSSR count). The summed E-state index contributed by atoms with van der Waals surface area (Å²) in [6.45, 7) is -1.37. The van der Waals surface area contributed by atoms with Crippen molar-refractivity contribution in [2.75, 3.05) is 30.6 Å². The maximum atomic E-state index is 9.17. The van der Waals surface area contributed by atoms with Crippen LogP contribution in [0.15, 0.2) is 10.7 Å². The molecule has 1 heterocycles. The Bertz CT molecular complexity index is 366. The fourth-order valence-electron chi connectivity index (χ4n) is 1.04. The summed E-state index contributed by atoms with van der Waals surface area (Å²) in [5, 5.41) is 30.3. The molecule has 0 amide bonds. The minimum atomic E-state index is -1.26. The summed E-state index contributed by atoms with van der Waals surface area (Å²) in [5.74, 6) is 5.63. The van der Waals surface area contributed by atoms with Gasteiger partial charge in [0.15, 0.2) is 0 Å². The van der Waals surface area contributed by atoms with Gasteiger partial charge in [-0.05, 0) is 15.9 Å². The molecule has 8 nitrogen and oxygen atoms in total. The number of hydrogen-bond donors (Lipinski definition) is 6. The van der Waals surface area contributed by atoms with Crippen molar-refractivity contribution in [3.63, 3.8) is 0 Å². The molecule has 0 aliphatic carbocycles. The zero-order valence-electron chi connectivity index (χ0n) is 8.89. The lowest BCUT2D eigenvalue weighted by molar-refractivity contribution is 0.0830. The predicted molar refractivity (Wildman–Crippen MR) is 65.2 cm³/mol. The molecule has 0 saturated heterocycles. The SMILES string of the molecule is NNc1ncc(Br)c(NC(CO)(CO)CO)n1. The molecule has 0 spiro atoms. The van der Waals surface area contributed by atoms with E-state index in [1.807, 2.05) is 0 Å². The maximum Gasteiger partial charge on any atom is 0.239 e. The van der Waals surface area contributed by atoms with Gasteiger partial charge in [0, 0.05) is 6.20 Å². The molecule has 1 aromatic heterocycles. The Morgan fingerprint density at radius 2 is 1.88 bits per heavy atom. The van der Waals surface area contributed by atoms with Crippen molar-refractivity contribution in [1.29, 1.82) is 0 Å². The van der Waals surface area contributed by atoms with Gasteiger partial charge in [-0.3, -0.25) is 5.43 Å². The Morgan fingerprint density at radius 1 is 1.29 bits per heavy atom. The molecule has 7 N–H and O–H groups in total. The highest BCUT2D eigenvalue weighted by atomic mass is 79.9. The van der Waals surface area contributed by atoms with E-state index in [4.69, 9.17) is 5.84 Å². The molecule has 17 heavy (non-hydrogen) atoms. The number of anilines is 2. The van der Waals surface area contributed by atoms with Crippen LogP contribution in [0.3, 0.4) is 0 Å². The first kappa shape index (κ1) is 14.1. The summed E-state index contributed by atoms with van der Waals surface area (Å²) in [5.41, 5.74) is 1.00. The van der Waals surface area contributed by atoms with Crippen LogP contribution in [0.25, 0.3) is 0 Å². The average Bonchev–Trinajstić information content (AvgIpc) is 2.38. The summed E-state index contributed by atoms with van der Waals surface area (Å²) in [6, 6.07) is 0. The van der Waals surface area contributed by atoms with Gasteiger partial charge in [-0.25, -0.2) is 10.8 Å². The van der Waals surface area contributed by atoms with E-state index >= 15 is 0 Å². The van der Waals surface area contributed by atoms with Crippen LogP contribution in [-0.2, 0) is 0 Å². The molecule has 0 aliphatic heterocycles. The fourth-order valence-corrected chi connectivity index (χ4v) is 1.33. The van der Waals surface area contributed by atoms with E-state index in [0.717, 1.165) is 0 Å². The summed E-state index contributed by atoms with van der Waals surface area (Å²) < 4.78 is 0.510. The van der Waals surface area contributed by atoms with E-state index in [-0.39, 0.29) is 5.95 Å². The summed E-state index contributed by atoms with van der Waals surface area (Å²) in [6.07, 6.45) is 1.45. The normalized spacial score (nSPS) is 11.4. The van der Waals surface area contributed by atoms with Crippen molar-refractivity contribution >= 4 is 27.7 Å². The van der Waals surface area contributed by atoms with Crippen molar-refractivity contribution in [3.8, 4) is 0 Å². The van der Waals surface area contributed by atoms with Crippen molar-refractivity contribution in [2.45, 2.75) is 5.54 Å². The van der Waals surface area contributed by atoms with Crippen LogP contribution in [0, 0.1) is 0 Å². The van der Waals surface area contributed by atoms with Gasteiger partial charge in [-0.1, -0.05) is 0 Å². The molecule has 0 aromatic carbocycles. The molecule has 1 aromatic rings. The number of hydrogen-bond acceptors (Lipinski definition) is 8. The van der Waals surface area contributed by atoms with E-state index in [0.29, 0.717) is 10.3 Å². The molecule has 96 valence electrons. The third-order valence-corrected chi connectivity index (χ3v) is 2.75. The van der Waals surface area contributed by atoms with Crippen LogP contribution < -0.4 is 16.6 Å². The van der Waals surface area contributed by atoms with Gasteiger partial charge in [0.25, 0.3) is 0 Å². The molecule has 0 aliphatic rings. The van der Waals surface area contributed by atoms with E-state index in [2.05, 4.69) is 36.6 Å². The van der Waals surface area contributed by atoms with E-state index in [1.54, 1.807) is 0 Å². The second-order valence-electron chi connectivity index (χ2n) is 3.41. The molecule has 0 fully saturated rings. The number of rotatable bonds is 6. The number of hydrazine groups is 1. The largest absolute Gasteiger partial charge is 0.394 e. The van der Waals surface area contributed by atoms with Gasteiger partial charge in [0.05, 0.1) is 24.3 Å². The van der Waals surface area contributed by atoms with Gasteiger partial charge < -0.3 is 20.6 Å². The number of nitrogens with two attached hydrogens (primary N) is 1. The minimum Gasteiger partial charge on any atom is -0.394 e. The monoisotopic (exact) mass is 307 g/mol. The predicted octanol–water partition coefficient (Wildman–Crippen LogP) is -1.35. The standard InChI is InChI=1S/C8H14BrN5O3/c9-5-1-11-7(14-10)12-6(5)13-8(2-15,3-16)4-17/h1,15-17H,2-4,10H2,(H2,11,12,13,14). The maximum absolute atomic E-state index is 9.17. The molecule has 0 atom stereocenters. The van der Waals surface area contributed by atoms with Gasteiger partial charge in [0.1, 0.15) is 11.4 Å². The van der Waals surface area contributed by atoms with Crippen LogP contribution in [0.2, 0.25) is 0 Å². The zero-order valence-corrected chi connectivity index (χ0v) is 10.5. The summed E-state index contributed by atoms with van der Waals surface area (Å²) >= 11 is 3.20. The molecular formula is C8H14BrN5O3. The zero-order chi connectivity index (χ0) is 12.9. The fraction of sp³-hybridized carbons (Fsp3) is 0.500. The Balaban J connectivity index is 2.99. The quantitative estimate of drug-likeness (QED) is 0.280. The second-order valence-corrected chi connectivity index (χ2v) is 4.27. The highest BCUT2D eigenvalue weighted by Gasteiger charge is 2.29. The number of aliphatic hydroxyl groups excluding tert-OH is 3. The van der Waals surface area contributed by atoms with Crippen LogP contribution in [0.1, 0.15) is 0 Å². The van der Waals surface area contributed by atoms with Crippen LogP contribution in [0.4, 0.5) is 11.8 Å². The Labute approximate surface area is 106 Å². The van der Waals surface area contributed by atoms with Gasteiger partial charge in [0.2, 0.25) is 5.95 Å². The summed E-state index contributed by atoms with van der Waals surface area (Å²) in [4.78, 5) is 7.82. The number of nitrogens with zero attached hydrogens (tertiary/aromatic N) is 2. The van der Waals surface area contributed by atoms with Crippen molar-refractivity contribution in [1.82, 2.24) is 9.97 Å². The number of nitrogen functional groups attached to an aromatic ring is 1. The van der Waals surface area contributed by atoms with Gasteiger partial charge in [-0.15, -0.1) is 0 Å². The number of aliphatic hydroxyl groups is 3. The first-order valence-electron chi connectivity index (χ1n) is 4.70. The lowest BCUT2D eigenvalue weighted by atomic mass is 10.0. The third kappa shape index (κ3) is 3.23. The van der Waals surface area contributed by atoms with Gasteiger partial charge >= 0.3 is 0 Å². The lowest BCUT2D eigenvalue weighted by Crippen LogP contribution is -2.49. The van der Waals surface area contributed by atoms with Crippen molar-refractivity contribution in [2.24, 2.45) is 5.84 Å². The Hall–Kier alpha value is -1.00. The van der Waals surface area contributed by atoms with E-state index in [1.165, 1.54) is 6.20 Å². The highest BCUT2D eigenvalue weighted by Crippen LogP contribution is 2.23. The molecular weight excluding hydrogens is 294 g/mol. The lowest BCUT2D eigenvalue weighted by Gasteiger charge is -2.29. The number of halogens is 1. The topological polar surface area (TPSA) is 137 Å². The van der Waals surface area contributed by atoms with E-state index in [9.17, 15) is 15.3 Å². The number of aromatic nitrogens is 2. The number of nitrogens with one attached hydrogen (secondary N) is 2. The summed E-state index contributed by atoms with van der Waals surface area (Å²) in [7, 11) is 0. The second kappa shape index (κ2) is 6.07.